The summed E-state index contributed by atoms with van der Waals surface area (Å²) in [6.07, 6.45) is 5.93. The topological polar surface area (TPSA) is 44.1 Å². The Bertz CT molecular complexity index is 504. The molecule has 1 unspecified atom stereocenters. The minimum atomic E-state index is 0.0687. The SMILES string of the molecule is CCCC1CCCN(C(=O)c2cccc(C#N)c2)CC1. The second kappa shape index (κ2) is 7.09. The number of nitrogens with zero attached hydrogens (tertiary/aromatic N) is 2. The quantitative estimate of drug-likeness (QED) is 0.842. The molecule has 0 bridgehead atoms. The molecule has 0 radical (unpaired) electrons. The van der Waals surface area contributed by atoms with Gasteiger partial charge in [-0.15, -0.1) is 0 Å². The molecule has 1 aliphatic rings. The van der Waals surface area contributed by atoms with Crippen molar-refractivity contribution in [2.24, 2.45) is 5.92 Å². The van der Waals surface area contributed by atoms with Crippen LogP contribution in [0.2, 0.25) is 0 Å². The minimum absolute atomic E-state index is 0.0687. The van der Waals surface area contributed by atoms with Gasteiger partial charge in [-0.25, -0.2) is 0 Å². The first-order valence-corrected chi connectivity index (χ1v) is 7.54. The summed E-state index contributed by atoms with van der Waals surface area (Å²) in [4.78, 5) is 14.5. The maximum Gasteiger partial charge on any atom is 0.253 e. The molecule has 0 aliphatic carbocycles. The zero-order valence-corrected chi connectivity index (χ0v) is 12.1. The van der Waals surface area contributed by atoms with E-state index in [1.54, 1.807) is 24.3 Å². The molecule has 0 spiro atoms. The molecule has 2 rings (SSSR count). The van der Waals surface area contributed by atoms with Crippen LogP contribution in [0.5, 0.6) is 0 Å². The van der Waals surface area contributed by atoms with Crippen LogP contribution in [0.4, 0.5) is 0 Å². The van der Waals surface area contributed by atoms with Gasteiger partial charge in [0.25, 0.3) is 5.91 Å². The van der Waals surface area contributed by atoms with E-state index in [0.29, 0.717) is 11.1 Å². The van der Waals surface area contributed by atoms with Gasteiger partial charge in [0, 0.05) is 18.7 Å². The molecular formula is C17H22N2O. The number of likely N-dealkylation sites (tertiary alicyclic amines) is 1. The summed E-state index contributed by atoms with van der Waals surface area (Å²) in [6.45, 7) is 3.91. The van der Waals surface area contributed by atoms with Gasteiger partial charge >= 0.3 is 0 Å². The van der Waals surface area contributed by atoms with Crippen LogP contribution < -0.4 is 0 Å². The van der Waals surface area contributed by atoms with Crippen molar-refractivity contribution in [1.29, 1.82) is 5.26 Å². The fourth-order valence-electron chi connectivity index (χ4n) is 2.97. The molecule has 3 heteroatoms. The molecule has 20 heavy (non-hydrogen) atoms. The van der Waals surface area contributed by atoms with Crippen LogP contribution in [0.25, 0.3) is 0 Å². The van der Waals surface area contributed by atoms with Crippen molar-refractivity contribution in [3.8, 4) is 6.07 Å². The summed E-state index contributed by atoms with van der Waals surface area (Å²) in [6, 6.07) is 9.10. The van der Waals surface area contributed by atoms with Crippen molar-refractivity contribution in [2.45, 2.75) is 39.0 Å². The standard InChI is InChI=1S/C17H22N2O/c1-2-5-14-7-4-10-19(11-9-14)17(20)16-8-3-6-15(12-16)13-18/h3,6,8,12,14H,2,4-5,7,9-11H2,1H3. The van der Waals surface area contributed by atoms with E-state index in [-0.39, 0.29) is 5.91 Å². The van der Waals surface area contributed by atoms with Crippen molar-refractivity contribution in [2.75, 3.05) is 13.1 Å². The van der Waals surface area contributed by atoms with E-state index < -0.39 is 0 Å². The van der Waals surface area contributed by atoms with E-state index in [0.717, 1.165) is 31.8 Å². The average molecular weight is 270 g/mol. The van der Waals surface area contributed by atoms with Gasteiger partial charge in [0.1, 0.15) is 0 Å². The highest BCUT2D eigenvalue weighted by Crippen LogP contribution is 2.23. The van der Waals surface area contributed by atoms with Crippen molar-refractivity contribution in [3.63, 3.8) is 0 Å². The fourth-order valence-corrected chi connectivity index (χ4v) is 2.97. The van der Waals surface area contributed by atoms with Crippen molar-refractivity contribution in [3.05, 3.63) is 35.4 Å². The van der Waals surface area contributed by atoms with Gasteiger partial charge in [-0.1, -0.05) is 25.8 Å². The molecule has 1 atom stereocenters. The Morgan fingerprint density at radius 2 is 2.25 bits per heavy atom. The molecule has 1 aromatic carbocycles. The first-order valence-electron chi connectivity index (χ1n) is 7.54. The van der Waals surface area contributed by atoms with Crippen molar-refractivity contribution >= 4 is 5.91 Å². The van der Waals surface area contributed by atoms with Crippen molar-refractivity contribution in [1.82, 2.24) is 4.90 Å². The van der Waals surface area contributed by atoms with Crippen molar-refractivity contribution < 1.29 is 4.79 Å². The molecule has 1 aliphatic heterocycles. The number of benzene rings is 1. The third-order valence-electron chi connectivity index (χ3n) is 4.07. The summed E-state index contributed by atoms with van der Waals surface area (Å²) >= 11 is 0. The average Bonchev–Trinajstić information content (AvgIpc) is 2.73. The zero-order valence-electron chi connectivity index (χ0n) is 12.1. The Kier molecular flexibility index (Phi) is 5.17. The predicted molar refractivity (Wildman–Crippen MR) is 79.3 cm³/mol. The molecule has 1 heterocycles. The predicted octanol–water partition coefficient (Wildman–Crippen LogP) is 3.60. The highest BCUT2D eigenvalue weighted by atomic mass is 16.2. The maximum atomic E-state index is 12.5. The Balaban J connectivity index is 2.03. The normalized spacial score (nSPS) is 19.2. The fraction of sp³-hybridized carbons (Fsp3) is 0.529. The number of hydrogen-bond acceptors (Lipinski definition) is 2. The lowest BCUT2D eigenvalue weighted by Gasteiger charge is -2.20. The Morgan fingerprint density at radius 3 is 3.00 bits per heavy atom. The van der Waals surface area contributed by atoms with E-state index in [1.807, 2.05) is 4.90 Å². The van der Waals surface area contributed by atoms with E-state index in [1.165, 1.54) is 19.3 Å². The maximum absolute atomic E-state index is 12.5. The summed E-state index contributed by atoms with van der Waals surface area (Å²) in [5.74, 6) is 0.836. The molecule has 1 aromatic rings. The van der Waals surface area contributed by atoms with Crippen LogP contribution in [0, 0.1) is 17.2 Å². The molecule has 0 N–H and O–H groups in total. The van der Waals surface area contributed by atoms with E-state index in [9.17, 15) is 4.79 Å². The monoisotopic (exact) mass is 270 g/mol. The summed E-state index contributed by atoms with van der Waals surface area (Å²) in [7, 11) is 0. The lowest BCUT2D eigenvalue weighted by Crippen LogP contribution is -2.32. The number of carbonyl (C=O) groups excluding carboxylic acids is 1. The third kappa shape index (κ3) is 3.60. The number of amides is 1. The molecule has 0 saturated carbocycles. The smallest absolute Gasteiger partial charge is 0.253 e. The minimum Gasteiger partial charge on any atom is -0.339 e. The summed E-state index contributed by atoms with van der Waals surface area (Å²) in [5, 5.41) is 8.92. The Labute approximate surface area is 121 Å². The number of rotatable bonds is 3. The van der Waals surface area contributed by atoms with E-state index in [2.05, 4.69) is 13.0 Å². The van der Waals surface area contributed by atoms with Gasteiger partial charge in [-0.05, 0) is 43.4 Å². The number of hydrogen-bond donors (Lipinski definition) is 0. The van der Waals surface area contributed by atoms with Crippen LogP contribution >= 0.6 is 0 Å². The van der Waals surface area contributed by atoms with Crippen LogP contribution in [-0.2, 0) is 0 Å². The molecule has 106 valence electrons. The third-order valence-corrected chi connectivity index (χ3v) is 4.07. The van der Waals surface area contributed by atoms with E-state index >= 15 is 0 Å². The molecule has 3 nitrogen and oxygen atoms in total. The Morgan fingerprint density at radius 1 is 1.40 bits per heavy atom. The number of nitriles is 1. The van der Waals surface area contributed by atoms with Gasteiger partial charge in [0.15, 0.2) is 0 Å². The number of carbonyl (C=O) groups is 1. The first kappa shape index (κ1) is 14.6. The van der Waals surface area contributed by atoms with Gasteiger partial charge in [-0.3, -0.25) is 4.79 Å². The Hall–Kier alpha value is -1.82. The lowest BCUT2D eigenvalue weighted by atomic mass is 9.96. The summed E-state index contributed by atoms with van der Waals surface area (Å²) < 4.78 is 0. The van der Waals surface area contributed by atoms with Gasteiger partial charge in [-0.2, -0.15) is 5.26 Å². The largest absolute Gasteiger partial charge is 0.339 e. The molecule has 1 saturated heterocycles. The first-order chi connectivity index (χ1) is 9.74. The molecule has 1 fully saturated rings. The van der Waals surface area contributed by atoms with Crippen LogP contribution in [0.3, 0.4) is 0 Å². The highest BCUT2D eigenvalue weighted by Gasteiger charge is 2.21. The van der Waals surface area contributed by atoms with Gasteiger partial charge in [0.05, 0.1) is 11.6 Å². The second-order valence-corrected chi connectivity index (χ2v) is 5.57. The molecular weight excluding hydrogens is 248 g/mol. The van der Waals surface area contributed by atoms with Gasteiger partial charge < -0.3 is 4.90 Å². The van der Waals surface area contributed by atoms with Gasteiger partial charge in [0.2, 0.25) is 0 Å². The second-order valence-electron chi connectivity index (χ2n) is 5.57. The summed E-state index contributed by atoms with van der Waals surface area (Å²) in [5.41, 5.74) is 1.19. The zero-order chi connectivity index (χ0) is 14.4. The van der Waals surface area contributed by atoms with Crippen LogP contribution in [-0.4, -0.2) is 23.9 Å². The van der Waals surface area contributed by atoms with Crippen LogP contribution in [0.1, 0.15) is 54.9 Å². The lowest BCUT2D eigenvalue weighted by molar-refractivity contribution is 0.0760. The molecule has 0 aromatic heterocycles. The van der Waals surface area contributed by atoms with Crippen LogP contribution in [0.15, 0.2) is 24.3 Å². The highest BCUT2D eigenvalue weighted by molar-refractivity contribution is 5.94. The van der Waals surface area contributed by atoms with E-state index in [4.69, 9.17) is 5.26 Å². The molecule has 1 amide bonds.